The quantitative estimate of drug-likeness (QED) is 0.794. The van der Waals surface area contributed by atoms with Gasteiger partial charge in [0.1, 0.15) is 0 Å². The van der Waals surface area contributed by atoms with Crippen LogP contribution < -0.4 is 0 Å². The summed E-state index contributed by atoms with van der Waals surface area (Å²) in [6, 6.07) is 8.55. The molecule has 2 unspecified atom stereocenters. The van der Waals surface area contributed by atoms with Crippen LogP contribution in [0.5, 0.6) is 0 Å². The molecule has 0 aliphatic carbocycles. The Kier molecular flexibility index (Phi) is 4.04. The van der Waals surface area contributed by atoms with Crippen LogP contribution in [0, 0.1) is 11.8 Å². The SMILES string of the molecule is CC1CC(C)CN(Cc2ccccc2Br)C1. The second-order valence-corrected chi connectivity index (χ2v) is 6.09. The lowest BCUT2D eigenvalue weighted by molar-refractivity contribution is 0.134. The molecule has 1 fully saturated rings. The van der Waals surface area contributed by atoms with Crippen LogP contribution in [-0.4, -0.2) is 18.0 Å². The van der Waals surface area contributed by atoms with Gasteiger partial charge >= 0.3 is 0 Å². The van der Waals surface area contributed by atoms with E-state index in [0.717, 1.165) is 18.4 Å². The average Bonchev–Trinajstić information content (AvgIpc) is 2.20. The van der Waals surface area contributed by atoms with Gasteiger partial charge in [-0.3, -0.25) is 4.90 Å². The number of hydrogen-bond donors (Lipinski definition) is 0. The van der Waals surface area contributed by atoms with E-state index in [1.54, 1.807) is 0 Å². The first-order chi connectivity index (χ1) is 7.65. The van der Waals surface area contributed by atoms with Gasteiger partial charge in [-0.2, -0.15) is 0 Å². The van der Waals surface area contributed by atoms with Gasteiger partial charge in [-0.25, -0.2) is 0 Å². The van der Waals surface area contributed by atoms with Crippen molar-refractivity contribution in [2.45, 2.75) is 26.8 Å². The monoisotopic (exact) mass is 281 g/mol. The van der Waals surface area contributed by atoms with Gasteiger partial charge in [0.25, 0.3) is 0 Å². The van der Waals surface area contributed by atoms with Crippen molar-refractivity contribution in [1.82, 2.24) is 4.90 Å². The van der Waals surface area contributed by atoms with Gasteiger partial charge in [-0.05, 0) is 29.9 Å². The largest absolute Gasteiger partial charge is 0.299 e. The zero-order chi connectivity index (χ0) is 11.5. The van der Waals surface area contributed by atoms with Crippen molar-refractivity contribution in [3.05, 3.63) is 34.3 Å². The molecule has 0 bridgehead atoms. The van der Waals surface area contributed by atoms with E-state index in [0.29, 0.717) is 0 Å². The number of benzene rings is 1. The standard InChI is InChI=1S/C14H20BrN/c1-11-7-12(2)9-16(8-11)10-13-5-3-4-6-14(13)15/h3-6,11-12H,7-10H2,1-2H3. The fourth-order valence-electron chi connectivity index (χ4n) is 2.79. The number of piperidine rings is 1. The molecule has 16 heavy (non-hydrogen) atoms. The molecule has 2 rings (SSSR count). The van der Waals surface area contributed by atoms with Crippen molar-refractivity contribution in [3.8, 4) is 0 Å². The Balaban J connectivity index is 2.02. The fourth-order valence-corrected chi connectivity index (χ4v) is 3.20. The molecule has 1 aliphatic heterocycles. The minimum Gasteiger partial charge on any atom is -0.299 e. The van der Waals surface area contributed by atoms with Gasteiger partial charge < -0.3 is 0 Å². The smallest absolute Gasteiger partial charge is 0.0245 e. The maximum atomic E-state index is 3.63. The molecule has 1 nitrogen and oxygen atoms in total. The maximum Gasteiger partial charge on any atom is 0.0245 e. The van der Waals surface area contributed by atoms with Crippen molar-refractivity contribution >= 4 is 15.9 Å². The molecule has 1 saturated heterocycles. The second kappa shape index (κ2) is 5.33. The molecule has 2 atom stereocenters. The van der Waals surface area contributed by atoms with Crippen molar-refractivity contribution < 1.29 is 0 Å². The number of rotatable bonds is 2. The normalized spacial score (nSPS) is 26.9. The van der Waals surface area contributed by atoms with E-state index < -0.39 is 0 Å². The molecule has 0 saturated carbocycles. The Morgan fingerprint density at radius 3 is 2.44 bits per heavy atom. The highest BCUT2D eigenvalue weighted by molar-refractivity contribution is 9.10. The predicted octanol–water partition coefficient (Wildman–Crippen LogP) is 3.93. The molecule has 0 aromatic heterocycles. The van der Waals surface area contributed by atoms with Gasteiger partial charge in [0.2, 0.25) is 0 Å². The third-order valence-electron chi connectivity index (χ3n) is 3.30. The number of nitrogens with zero attached hydrogens (tertiary/aromatic N) is 1. The first-order valence-electron chi connectivity index (χ1n) is 6.11. The molecule has 0 radical (unpaired) electrons. The Labute approximate surface area is 107 Å². The van der Waals surface area contributed by atoms with E-state index in [9.17, 15) is 0 Å². The third kappa shape index (κ3) is 3.08. The van der Waals surface area contributed by atoms with Crippen LogP contribution in [-0.2, 0) is 6.54 Å². The minimum absolute atomic E-state index is 0.839. The van der Waals surface area contributed by atoms with Crippen molar-refractivity contribution in [2.75, 3.05) is 13.1 Å². The lowest BCUT2D eigenvalue weighted by Gasteiger charge is -2.35. The zero-order valence-electron chi connectivity index (χ0n) is 10.1. The van der Waals surface area contributed by atoms with E-state index in [2.05, 4.69) is 58.9 Å². The summed E-state index contributed by atoms with van der Waals surface area (Å²) in [7, 11) is 0. The van der Waals surface area contributed by atoms with Crippen LogP contribution >= 0.6 is 15.9 Å². The van der Waals surface area contributed by atoms with Crippen molar-refractivity contribution in [2.24, 2.45) is 11.8 Å². The average molecular weight is 282 g/mol. The van der Waals surface area contributed by atoms with Gasteiger partial charge in [0.05, 0.1) is 0 Å². The maximum absolute atomic E-state index is 3.63. The first-order valence-corrected chi connectivity index (χ1v) is 6.90. The number of hydrogen-bond acceptors (Lipinski definition) is 1. The highest BCUT2D eigenvalue weighted by atomic mass is 79.9. The third-order valence-corrected chi connectivity index (χ3v) is 4.07. The lowest BCUT2D eigenvalue weighted by Crippen LogP contribution is -2.38. The molecule has 0 spiro atoms. The van der Waals surface area contributed by atoms with Crippen molar-refractivity contribution in [3.63, 3.8) is 0 Å². The first kappa shape index (κ1) is 12.1. The van der Waals surface area contributed by atoms with Gasteiger partial charge in [-0.1, -0.05) is 48.0 Å². The van der Waals surface area contributed by atoms with Crippen LogP contribution in [0.4, 0.5) is 0 Å². The van der Waals surface area contributed by atoms with Crippen LogP contribution in [0.2, 0.25) is 0 Å². The molecular weight excluding hydrogens is 262 g/mol. The zero-order valence-corrected chi connectivity index (χ0v) is 11.7. The summed E-state index contributed by atoms with van der Waals surface area (Å²) in [5.74, 6) is 1.68. The summed E-state index contributed by atoms with van der Waals surface area (Å²) >= 11 is 3.63. The van der Waals surface area contributed by atoms with E-state index in [4.69, 9.17) is 0 Å². The Morgan fingerprint density at radius 2 is 1.81 bits per heavy atom. The van der Waals surface area contributed by atoms with E-state index in [1.165, 1.54) is 29.5 Å². The van der Waals surface area contributed by atoms with E-state index in [-0.39, 0.29) is 0 Å². The molecule has 0 amide bonds. The van der Waals surface area contributed by atoms with Gasteiger partial charge in [0, 0.05) is 24.1 Å². The van der Waals surface area contributed by atoms with Crippen molar-refractivity contribution in [1.29, 1.82) is 0 Å². The highest BCUT2D eigenvalue weighted by Crippen LogP contribution is 2.24. The molecule has 0 N–H and O–H groups in total. The Bertz CT molecular complexity index is 340. The summed E-state index contributed by atoms with van der Waals surface area (Å²) in [5.41, 5.74) is 1.41. The number of likely N-dealkylation sites (tertiary alicyclic amines) is 1. The molecule has 1 aliphatic rings. The second-order valence-electron chi connectivity index (χ2n) is 5.23. The van der Waals surface area contributed by atoms with Crippen LogP contribution in [0.25, 0.3) is 0 Å². The Hall–Kier alpha value is -0.340. The predicted molar refractivity (Wildman–Crippen MR) is 72.4 cm³/mol. The summed E-state index contributed by atoms with van der Waals surface area (Å²) in [6.45, 7) is 8.29. The summed E-state index contributed by atoms with van der Waals surface area (Å²) < 4.78 is 1.24. The van der Waals surface area contributed by atoms with Crippen LogP contribution in [0.3, 0.4) is 0 Å². The summed E-state index contributed by atoms with van der Waals surface area (Å²) in [4.78, 5) is 2.58. The Morgan fingerprint density at radius 1 is 1.19 bits per heavy atom. The summed E-state index contributed by atoms with van der Waals surface area (Å²) in [6.07, 6.45) is 1.38. The van der Waals surface area contributed by atoms with Crippen LogP contribution in [0.1, 0.15) is 25.8 Å². The summed E-state index contributed by atoms with van der Waals surface area (Å²) in [5, 5.41) is 0. The number of halogens is 1. The van der Waals surface area contributed by atoms with Gasteiger partial charge in [-0.15, -0.1) is 0 Å². The fraction of sp³-hybridized carbons (Fsp3) is 0.571. The van der Waals surface area contributed by atoms with Gasteiger partial charge in [0.15, 0.2) is 0 Å². The molecule has 88 valence electrons. The molecule has 1 aromatic rings. The topological polar surface area (TPSA) is 3.24 Å². The molecule has 1 aromatic carbocycles. The van der Waals surface area contributed by atoms with E-state index >= 15 is 0 Å². The lowest BCUT2D eigenvalue weighted by atomic mass is 9.91. The molecular formula is C14H20BrN. The van der Waals surface area contributed by atoms with Crippen LogP contribution in [0.15, 0.2) is 28.7 Å². The minimum atomic E-state index is 0.839. The highest BCUT2D eigenvalue weighted by Gasteiger charge is 2.21. The molecule has 1 heterocycles. The van der Waals surface area contributed by atoms with E-state index in [1.807, 2.05) is 0 Å². The molecule has 2 heteroatoms.